The van der Waals surface area contributed by atoms with Gasteiger partial charge in [-0.05, 0) is 36.4 Å². The second-order valence-corrected chi connectivity index (χ2v) is 9.16. The van der Waals surface area contributed by atoms with E-state index in [1.54, 1.807) is 95.0 Å². The van der Waals surface area contributed by atoms with Gasteiger partial charge in [0.1, 0.15) is 11.5 Å². The maximum Gasteiger partial charge on any atom is 0.317 e. The van der Waals surface area contributed by atoms with E-state index >= 15 is 0 Å². The maximum atomic E-state index is 12.0. The van der Waals surface area contributed by atoms with Crippen molar-refractivity contribution in [3.05, 3.63) is 120 Å². The Balaban J connectivity index is 1.76. The number of phenolic OH excluding ortho intramolecular Hbond substituents is 2. The summed E-state index contributed by atoms with van der Waals surface area (Å²) in [6.07, 6.45) is 3.18. The van der Waals surface area contributed by atoms with Crippen LogP contribution in [0.5, 0.6) is 11.5 Å². The quantitative estimate of drug-likeness (QED) is 0.198. The number of nitrogens with zero attached hydrogens (tertiary/aromatic N) is 4. The molecule has 0 bridgehead atoms. The molecule has 0 amide bonds. The Labute approximate surface area is 231 Å². The van der Waals surface area contributed by atoms with Crippen molar-refractivity contribution in [2.75, 3.05) is 26.2 Å². The molecule has 4 rings (SSSR count). The number of aromatic hydroxyl groups is 2. The number of pyridine rings is 2. The highest BCUT2D eigenvalue weighted by molar-refractivity contribution is 5.70. The van der Waals surface area contributed by atoms with E-state index in [1.807, 2.05) is 0 Å². The van der Waals surface area contributed by atoms with E-state index in [4.69, 9.17) is 0 Å². The average Bonchev–Trinajstić information content (AvgIpc) is 2.94. The van der Waals surface area contributed by atoms with Crippen molar-refractivity contribution in [1.29, 1.82) is 0 Å². The molecule has 206 valence electrons. The first-order chi connectivity index (χ1) is 19.3. The Morgan fingerprint density at radius 1 is 0.600 bits per heavy atom. The van der Waals surface area contributed by atoms with E-state index in [9.17, 15) is 30.0 Å². The van der Waals surface area contributed by atoms with Crippen LogP contribution in [-0.4, -0.2) is 78.3 Å². The third kappa shape index (κ3) is 6.99. The highest BCUT2D eigenvalue weighted by Crippen LogP contribution is 2.35. The van der Waals surface area contributed by atoms with Crippen LogP contribution >= 0.6 is 0 Å². The van der Waals surface area contributed by atoms with Gasteiger partial charge in [-0.2, -0.15) is 0 Å². The molecule has 0 aliphatic carbocycles. The fourth-order valence-electron chi connectivity index (χ4n) is 4.80. The summed E-state index contributed by atoms with van der Waals surface area (Å²) in [6, 6.07) is 22.4. The minimum atomic E-state index is -1.09. The predicted molar refractivity (Wildman–Crippen MR) is 147 cm³/mol. The molecule has 0 aliphatic heterocycles. The van der Waals surface area contributed by atoms with Crippen molar-refractivity contribution >= 4 is 11.9 Å². The van der Waals surface area contributed by atoms with Crippen LogP contribution in [0, 0.1) is 0 Å². The largest absolute Gasteiger partial charge is 0.508 e. The number of rotatable bonds is 13. The summed E-state index contributed by atoms with van der Waals surface area (Å²) in [6.45, 7) is -0.624. The van der Waals surface area contributed by atoms with Gasteiger partial charge < -0.3 is 20.4 Å². The lowest BCUT2D eigenvalue weighted by Gasteiger charge is -2.35. The lowest BCUT2D eigenvalue weighted by atomic mass is 9.98. The number of carboxylic acid groups (broad SMARTS) is 2. The summed E-state index contributed by atoms with van der Waals surface area (Å²) in [5, 5.41) is 41.1. The Bertz CT molecular complexity index is 1310. The summed E-state index contributed by atoms with van der Waals surface area (Å²) in [4.78, 5) is 36.2. The second kappa shape index (κ2) is 13.3. The SMILES string of the molecule is O=C(O)CN(CCN(CC(=O)O)[C@H](c1ccccn1)c1ccccc1O)[C@H](c1ccccn1)c1ccccc1O. The Hall–Kier alpha value is -4.80. The molecule has 0 saturated carbocycles. The highest BCUT2D eigenvalue weighted by atomic mass is 16.4. The zero-order valence-corrected chi connectivity index (χ0v) is 21.6. The number of aliphatic carboxylic acids is 2. The summed E-state index contributed by atoms with van der Waals surface area (Å²) in [5.74, 6) is -2.22. The van der Waals surface area contributed by atoms with Crippen LogP contribution in [0.3, 0.4) is 0 Å². The highest BCUT2D eigenvalue weighted by Gasteiger charge is 2.31. The van der Waals surface area contributed by atoms with Gasteiger partial charge in [-0.25, -0.2) is 0 Å². The molecule has 2 aromatic heterocycles. The lowest BCUT2D eigenvalue weighted by Crippen LogP contribution is -2.43. The standard InChI is InChI=1S/C30H30N4O6/c35-25-13-3-1-9-21(25)29(23-11-5-7-15-31-23)33(19-27(37)38)17-18-34(20-28(39)40)30(24-12-6-8-16-32-24)22-10-2-4-14-26(22)36/h1-16,29-30,35-36H,17-20H2,(H,37,38)(H,39,40)/t29-,30-/m0/s1. The van der Waals surface area contributed by atoms with E-state index in [-0.39, 0.29) is 24.6 Å². The van der Waals surface area contributed by atoms with Crippen molar-refractivity contribution in [2.24, 2.45) is 0 Å². The van der Waals surface area contributed by atoms with Gasteiger partial charge >= 0.3 is 11.9 Å². The van der Waals surface area contributed by atoms with Crippen molar-refractivity contribution in [1.82, 2.24) is 19.8 Å². The summed E-state index contributed by atoms with van der Waals surface area (Å²) in [5.41, 5.74) is 1.98. The third-order valence-corrected chi connectivity index (χ3v) is 6.48. The molecule has 0 saturated heterocycles. The van der Waals surface area contributed by atoms with Gasteiger partial charge in [-0.1, -0.05) is 48.5 Å². The zero-order valence-electron chi connectivity index (χ0n) is 21.6. The average molecular weight is 543 g/mol. The van der Waals surface area contributed by atoms with E-state index in [0.717, 1.165) is 0 Å². The van der Waals surface area contributed by atoms with Crippen LogP contribution < -0.4 is 0 Å². The van der Waals surface area contributed by atoms with Gasteiger partial charge in [0.2, 0.25) is 0 Å². The third-order valence-electron chi connectivity index (χ3n) is 6.48. The molecular weight excluding hydrogens is 512 g/mol. The molecule has 2 aromatic carbocycles. The van der Waals surface area contributed by atoms with E-state index in [0.29, 0.717) is 22.5 Å². The molecule has 10 nitrogen and oxygen atoms in total. The number of phenols is 2. The van der Waals surface area contributed by atoms with Gasteiger partial charge in [0.15, 0.2) is 0 Å². The molecule has 0 aliphatic rings. The molecule has 0 radical (unpaired) electrons. The lowest BCUT2D eigenvalue weighted by molar-refractivity contribution is -0.140. The summed E-state index contributed by atoms with van der Waals surface area (Å²) >= 11 is 0. The van der Waals surface area contributed by atoms with E-state index in [2.05, 4.69) is 9.97 Å². The molecule has 4 aromatic rings. The number of para-hydroxylation sites is 2. The maximum absolute atomic E-state index is 12.0. The van der Waals surface area contributed by atoms with Crippen molar-refractivity contribution in [3.63, 3.8) is 0 Å². The molecule has 10 heteroatoms. The molecule has 40 heavy (non-hydrogen) atoms. The summed E-state index contributed by atoms with van der Waals surface area (Å²) in [7, 11) is 0. The normalized spacial score (nSPS) is 12.8. The number of hydrogen-bond donors (Lipinski definition) is 4. The minimum absolute atomic E-state index is 0.0171. The van der Waals surface area contributed by atoms with Gasteiger partial charge in [-0.3, -0.25) is 29.4 Å². The molecule has 4 N–H and O–H groups in total. The molecule has 2 atom stereocenters. The van der Waals surface area contributed by atoms with E-state index in [1.165, 1.54) is 12.1 Å². The fraction of sp³-hybridized carbons (Fsp3) is 0.200. The van der Waals surface area contributed by atoms with Gasteiger partial charge in [0, 0.05) is 36.6 Å². The smallest absolute Gasteiger partial charge is 0.317 e. The molecule has 0 unspecified atom stereocenters. The first-order valence-corrected chi connectivity index (χ1v) is 12.6. The second-order valence-electron chi connectivity index (χ2n) is 9.16. The number of carboxylic acids is 2. The van der Waals surface area contributed by atoms with Crippen LogP contribution in [0.25, 0.3) is 0 Å². The monoisotopic (exact) mass is 542 g/mol. The van der Waals surface area contributed by atoms with Crippen LogP contribution in [0.1, 0.15) is 34.6 Å². The first kappa shape index (κ1) is 28.2. The molecule has 0 spiro atoms. The van der Waals surface area contributed by atoms with Crippen molar-refractivity contribution in [3.8, 4) is 11.5 Å². The molecule has 2 heterocycles. The molecular formula is C30H30N4O6. The predicted octanol–water partition coefficient (Wildman–Crippen LogP) is 3.54. The number of aromatic nitrogens is 2. The fourth-order valence-corrected chi connectivity index (χ4v) is 4.80. The van der Waals surface area contributed by atoms with Gasteiger partial charge in [0.05, 0.1) is 36.6 Å². The van der Waals surface area contributed by atoms with Crippen LogP contribution in [0.4, 0.5) is 0 Å². The van der Waals surface area contributed by atoms with Crippen LogP contribution in [0.2, 0.25) is 0 Å². The number of carbonyl (C=O) groups is 2. The minimum Gasteiger partial charge on any atom is -0.508 e. The Morgan fingerprint density at radius 3 is 1.30 bits per heavy atom. The van der Waals surface area contributed by atoms with Gasteiger partial charge in [-0.15, -0.1) is 0 Å². The van der Waals surface area contributed by atoms with Gasteiger partial charge in [0.25, 0.3) is 0 Å². The Morgan fingerprint density at radius 2 is 0.975 bits per heavy atom. The van der Waals surface area contributed by atoms with Crippen molar-refractivity contribution < 1.29 is 30.0 Å². The Kier molecular flexibility index (Phi) is 9.39. The first-order valence-electron chi connectivity index (χ1n) is 12.6. The topological polar surface area (TPSA) is 147 Å². The van der Waals surface area contributed by atoms with Crippen LogP contribution in [0.15, 0.2) is 97.3 Å². The zero-order chi connectivity index (χ0) is 28.5. The molecule has 0 fully saturated rings. The van der Waals surface area contributed by atoms with Crippen LogP contribution in [-0.2, 0) is 9.59 Å². The van der Waals surface area contributed by atoms with E-state index < -0.39 is 37.1 Å². The number of hydrogen-bond acceptors (Lipinski definition) is 8. The summed E-state index contributed by atoms with van der Waals surface area (Å²) < 4.78 is 0. The van der Waals surface area contributed by atoms with Crippen molar-refractivity contribution in [2.45, 2.75) is 12.1 Å². The number of benzene rings is 2.